The van der Waals surface area contributed by atoms with Crippen molar-refractivity contribution in [2.75, 3.05) is 20.3 Å². The van der Waals surface area contributed by atoms with E-state index in [2.05, 4.69) is 12.2 Å². The summed E-state index contributed by atoms with van der Waals surface area (Å²) < 4.78 is 5.26. The maximum Gasteiger partial charge on any atom is 0.253 e. The van der Waals surface area contributed by atoms with Crippen molar-refractivity contribution < 1.29 is 14.6 Å². The quantitative estimate of drug-likeness (QED) is 0.754. The summed E-state index contributed by atoms with van der Waals surface area (Å²) in [6.45, 7) is 2.78. The number of rotatable bonds is 8. The van der Waals surface area contributed by atoms with E-state index < -0.39 is 6.10 Å². The van der Waals surface area contributed by atoms with Crippen molar-refractivity contribution in [2.24, 2.45) is 5.92 Å². The molecule has 1 aromatic carbocycles. The Morgan fingerprint density at radius 1 is 1.37 bits per heavy atom. The second-order valence-electron chi connectivity index (χ2n) is 4.56. The topological polar surface area (TPSA) is 58.6 Å². The van der Waals surface area contributed by atoms with Crippen LogP contribution in [0.25, 0.3) is 0 Å². The number of amides is 1. The van der Waals surface area contributed by atoms with Crippen molar-refractivity contribution in [3.8, 4) is 0 Å². The summed E-state index contributed by atoms with van der Waals surface area (Å²) >= 11 is 0. The van der Waals surface area contributed by atoms with Crippen LogP contribution in [0.15, 0.2) is 30.3 Å². The van der Waals surface area contributed by atoms with Gasteiger partial charge in [0.25, 0.3) is 5.91 Å². The molecule has 1 rings (SSSR count). The van der Waals surface area contributed by atoms with Crippen LogP contribution in [0.2, 0.25) is 0 Å². The highest BCUT2D eigenvalue weighted by atomic mass is 16.5. The lowest BCUT2D eigenvalue weighted by Crippen LogP contribution is -2.34. The summed E-state index contributed by atoms with van der Waals surface area (Å²) in [7, 11) is 1.53. The van der Waals surface area contributed by atoms with Crippen molar-refractivity contribution in [3.63, 3.8) is 0 Å². The molecule has 0 aromatic heterocycles. The Balaban J connectivity index is 2.55. The van der Waals surface area contributed by atoms with Crippen LogP contribution in [0.3, 0.4) is 0 Å². The summed E-state index contributed by atoms with van der Waals surface area (Å²) in [5, 5.41) is 11.8. The van der Waals surface area contributed by atoms with Gasteiger partial charge in [0.1, 0.15) is 0 Å². The molecule has 106 valence electrons. The molecule has 0 bridgehead atoms. The van der Waals surface area contributed by atoms with Gasteiger partial charge in [0.05, 0.1) is 0 Å². The molecule has 0 saturated carbocycles. The molecule has 19 heavy (non-hydrogen) atoms. The minimum Gasteiger partial charge on any atom is -0.396 e. The maximum atomic E-state index is 12.1. The Labute approximate surface area is 114 Å². The number of nitrogens with one attached hydrogen (secondary N) is 1. The Hall–Kier alpha value is -1.39. The molecule has 4 heteroatoms. The van der Waals surface area contributed by atoms with Crippen LogP contribution < -0.4 is 5.32 Å². The number of hydrogen-bond acceptors (Lipinski definition) is 3. The summed E-state index contributed by atoms with van der Waals surface area (Å²) in [4.78, 5) is 12.1. The molecule has 1 aromatic rings. The minimum absolute atomic E-state index is 0.134. The Morgan fingerprint density at radius 2 is 2.05 bits per heavy atom. The van der Waals surface area contributed by atoms with Gasteiger partial charge < -0.3 is 15.2 Å². The van der Waals surface area contributed by atoms with E-state index in [4.69, 9.17) is 9.84 Å². The van der Waals surface area contributed by atoms with Gasteiger partial charge in [0.2, 0.25) is 0 Å². The van der Waals surface area contributed by atoms with Crippen LogP contribution in [0, 0.1) is 5.92 Å². The number of ether oxygens (including phenoxy) is 1. The SMILES string of the molecule is CCC(CCO)CNC(=O)[C@H](OC)c1ccccc1. The van der Waals surface area contributed by atoms with Crippen LogP contribution in [-0.2, 0) is 9.53 Å². The van der Waals surface area contributed by atoms with Gasteiger partial charge in [0, 0.05) is 20.3 Å². The smallest absolute Gasteiger partial charge is 0.253 e. The summed E-state index contributed by atoms with van der Waals surface area (Å²) in [6.07, 6.45) is 1.07. The molecule has 0 fully saturated rings. The molecule has 0 saturated heterocycles. The first-order valence-electron chi connectivity index (χ1n) is 6.69. The standard InChI is InChI=1S/C15H23NO3/c1-3-12(9-10-17)11-16-15(18)14(19-2)13-7-5-4-6-8-13/h4-8,12,14,17H,3,9-11H2,1-2H3,(H,16,18)/t12?,14-/m1/s1. The van der Waals surface area contributed by atoms with Crippen molar-refractivity contribution >= 4 is 5.91 Å². The first-order valence-corrected chi connectivity index (χ1v) is 6.69. The maximum absolute atomic E-state index is 12.1. The molecule has 0 aliphatic carbocycles. The molecular formula is C15H23NO3. The van der Waals surface area contributed by atoms with Gasteiger partial charge in [0.15, 0.2) is 6.10 Å². The highest BCUT2D eigenvalue weighted by molar-refractivity contribution is 5.82. The zero-order valence-electron chi connectivity index (χ0n) is 11.6. The van der Waals surface area contributed by atoms with E-state index in [9.17, 15) is 4.79 Å². The zero-order valence-corrected chi connectivity index (χ0v) is 11.6. The number of benzene rings is 1. The average molecular weight is 265 g/mol. The number of hydrogen-bond donors (Lipinski definition) is 2. The Kier molecular flexibility index (Phi) is 7.15. The van der Waals surface area contributed by atoms with Gasteiger partial charge in [-0.2, -0.15) is 0 Å². The molecule has 4 nitrogen and oxygen atoms in total. The predicted molar refractivity (Wildman–Crippen MR) is 74.7 cm³/mol. The highest BCUT2D eigenvalue weighted by Gasteiger charge is 2.20. The number of methoxy groups -OCH3 is 1. The fraction of sp³-hybridized carbons (Fsp3) is 0.533. The zero-order chi connectivity index (χ0) is 14.1. The van der Waals surface area contributed by atoms with E-state index in [1.165, 1.54) is 7.11 Å². The summed E-state index contributed by atoms with van der Waals surface area (Å²) in [6, 6.07) is 9.42. The van der Waals surface area contributed by atoms with Gasteiger partial charge in [-0.15, -0.1) is 0 Å². The molecule has 0 heterocycles. The lowest BCUT2D eigenvalue weighted by atomic mass is 10.0. The Bertz CT molecular complexity index is 367. The average Bonchev–Trinajstić information content (AvgIpc) is 2.45. The van der Waals surface area contributed by atoms with E-state index >= 15 is 0 Å². The van der Waals surface area contributed by atoms with E-state index in [-0.39, 0.29) is 12.5 Å². The Morgan fingerprint density at radius 3 is 2.58 bits per heavy atom. The normalized spacial score (nSPS) is 13.8. The van der Waals surface area contributed by atoms with Crippen LogP contribution in [0.4, 0.5) is 0 Å². The first-order chi connectivity index (χ1) is 9.22. The number of carbonyl (C=O) groups excluding carboxylic acids is 1. The van der Waals surface area contributed by atoms with Gasteiger partial charge >= 0.3 is 0 Å². The van der Waals surface area contributed by atoms with Gasteiger partial charge in [-0.1, -0.05) is 43.7 Å². The fourth-order valence-electron chi connectivity index (χ4n) is 1.99. The van der Waals surface area contributed by atoms with Crippen LogP contribution in [-0.4, -0.2) is 31.3 Å². The fourth-order valence-corrected chi connectivity index (χ4v) is 1.99. The monoisotopic (exact) mass is 265 g/mol. The third kappa shape index (κ3) is 5.01. The van der Waals surface area contributed by atoms with Crippen LogP contribution in [0.5, 0.6) is 0 Å². The van der Waals surface area contributed by atoms with E-state index in [0.29, 0.717) is 18.9 Å². The highest BCUT2D eigenvalue weighted by Crippen LogP contribution is 2.16. The molecular weight excluding hydrogens is 242 g/mol. The molecule has 0 aliphatic rings. The van der Waals surface area contributed by atoms with E-state index in [0.717, 1.165) is 12.0 Å². The molecule has 0 radical (unpaired) electrons. The van der Waals surface area contributed by atoms with Gasteiger partial charge in [-0.25, -0.2) is 0 Å². The second kappa shape index (κ2) is 8.67. The van der Waals surface area contributed by atoms with Gasteiger partial charge in [-0.05, 0) is 17.9 Å². The predicted octanol–water partition coefficient (Wildman–Crippen LogP) is 1.90. The third-order valence-electron chi connectivity index (χ3n) is 3.26. The van der Waals surface area contributed by atoms with Crippen molar-refractivity contribution in [1.82, 2.24) is 5.32 Å². The molecule has 1 unspecified atom stereocenters. The van der Waals surface area contributed by atoms with Crippen molar-refractivity contribution in [2.45, 2.75) is 25.9 Å². The van der Waals surface area contributed by atoms with Crippen molar-refractivity contribution in [1.29, 1.82) is 0 Å². The summed E-state index contributed by atoms with van der Waals surface area (Å²) in [5.41, 5.74) is 0.845. The second-order valence-corrected chi connectivity index (χ2v) is 4.56. The molecule has 0 aliphatic heterocycles. The van der Waals surface area contributed by atoms with Gasteiger partial charge in [-0.3, -0.25) is 4.79 Å². The van der Waals surface area contributed by atoms with Crippen LogP contribution in [0.1, 0.15) is 31.4 Å². The molecule has 1 amide bonds. The number of aliphatic hydroxyl groups excluding tert-OH is 1. The number of carbonyl (C=O) groups is 1. The molecule has 2 atom stereocenters. The number of aliphatic hydroxyl groups is 1. The largest absolute Gasteiger partial charge is 0.396 e. The molecule has 0 spiro atoms. The summed E-state index contributed by atoms with van der Waals surface area (Å²) in [5.74, 6) is 0.173. The van der Waals surface area contributed by atoms with E-state index in [1.807, 2.05) is 30.3 Å². The van der Waals surface area contributed by atoms with Crippen molar-refractivity contribution in [3.05, 3.63) is 35.9 Å². The lowest BCUT2D eigenvalue weighted by Gasteiger charge is -2.19. The third-order valence-corrected chi connectivity index (χ3v) is 3.26. The van der Waals surface area contributed by atoms with E-state index in [1.54, 1.807) is 0 Å². The minimum atomic E-state index is -0.576. The van der Waals surface area contributed by atoms with Crippen LogP contribution >= 0.6 is 0 Å². The lowest BCUT2D eigenvalue weighted by molar-refractivity contribution is -0.131. The first kappa shape index (κ1) is 15.7. The molecule has 2 N–H and O–H groups in total.